The normalized spacial score (nSPS) is 14.4. The molecule has 0 atom stereocenters. The second-order valence-corrected chi connectivity index (χ2v) is 10.3. The molecule has 0 aliphatic carbocycles. The highest BCUT2D eigenvalue weighted by molar-refractivity contribution is 7.89. The lowest BCUT2D eigenvalue weighted by Crippen LogP contribution is -2.48. The zero-order chi connectivity index (χ0) is 26.8. The molecule has 0 saturated carbocycles. The molecule has 1 fully saturated rings. The Labute approximate surface area is 212 Å². The van der Waals surface area contributed by atoms with E-state index in [4.69, 9.17) is 21.5 Å². The van der Waals surface area contributed by atoms with E-state index in [1.54, 1.807) is 29.2 Å². The topological polar surface area (TPSA) is 107 Å². The number of sulfonamides is 1. The van der Waals surface area contributed by atoms with Gasteiger partial charge in [-0.1, -0.05) is 48.0 Å². The fourth-order valence-corrected chi connectivity index (χ4v) is 4.94. The number of carbonyl (C=O) groups is 2. The van der Waals surface area contributed by atoms with Gasteiger partial charge in [0, 0.05) is 49.9 Å². The lowest BCUT2D eigenvalue weighted by atomic mass is 10.1. The van der Waals surface area contributed by atoms with Crippen molar-refractivity contribution < 1.29 is 36.3 Å². The van der Waals surface area contributed by atoms with Gasteiger partial charge in [-0.05, 0) is 30.2 Å². The molecule has 0 unspecified atom stereocenters. The number of nitrogens with one attached hydrogen (secondary N) is 1. The number of carboxylic acid groups (broad SMARTS) is 1. The Morgan fingerprint density at radius 3 is 2.19 bits per heavy atom. The van der Waals surface area contributed by atoms with Crippen LogP contribution in [0.5, 0.6) is 0 Å². The Kier molecular flexibility index (Phi) is 11.2. The van der Waals surface area contributed by atoms with Gasteiger partial charge in [0.05, 0.1) is 5.75 Å². The lowest BCUT2D eigenvalue weighted by molar-refractivity contribution is -0.192. The van der Waals surface area contributed by atoms with Crippen LogP contribution in [0.2, 0.25) is 5.02 Å². The monoisotopic (exact) mass is 549 g/mol. The second-order valence-electron chi connectivity index (χ2n) is 7.81. The van der Waals surface area contributed by atoms with Crippen LogP contribution in [0.25, 0.3) is 0 Å². The number of alkyl halides is 3. The predicted octanol–water partition coefficient (Wildman–Crippen LogP) is 2.89. The molecule has 0 radical (unpaired) electrons. The molecule has 1 aliphatic heterocycles. The van der Waals surface area contributed by atoms with Gasteiger partial charge < -0.3 is 15.3 Å². The third-order valence-electron chi connectivity index (χ3n) is 5.20. The van der Waals surface area contributed by atoms with Crippen molar-refractivity contribution >= 4 is 33.5 Å². The second kappa shape index (κ2) is 13.6. The SMILES string of the molecule is O=C(O)C(F)(F)F.O=C(c1cccc(Cl)c1)N(CCc1ccccc1)CCS(=O)(=O)N1CCNCC1. The van der Waals surface area contributed by atoms with E-state index >= 15 is 0 Å². The van der Waals surface area contributed by atoms with Crippen LogP contribution in [0, 0.1) is 0 Å². The van der Waals surface area contributed by atoms with Crippen LogP contribution in [0.3, 0.4) is 0 Å². The molecule has 1 aliphatic rings. The molecule has 1 saturated heterocycles. The van der Waals surface area contributed by atoms with Crippen molar-refractivity contribution in [3.05, 3.63) is 70.7 Å². The van der Waals surface area contributed by atoms with Crippen molar-refractivity contribution in [1.29, 1.82) is 0 Å². The zero-order valence-electron chi connectivity index (χ0n) is 19.2. The molecule has 0 spiro atoms. The standard InChI is InChI=1S/C21H26ClN3O3S.C2HF3O2/c22-20-8-4-7-19(17-20)21(26)24(12-9-18-5-2-1-3-6-18)15-16-29(27,28)25-13-10-23-11-14-25;3-2(4,5)1(6)7/h1-8,17,23H,9-16H2;(H,6,7). The molecule has 2 aromatic carbocycles. The van der Waals surface area contributed by atoms with Gasteiger partial charge >= 0.3 is 12.1 Å². The van der Waals surface area contributed by atoms with Crippen LogP contribution in [-0.2, 0) is 21.2 Å². The first-order chi connectivity index (χ1) is 16.9. The largest absolute Gasteiger partial charge is 0.490 e. The maximum atomic E-state index is 13.1. The molecule has 0 bridgehead atoms. The Morgan fingerprint density at radius 2 is 1.64 bits per heavy atom. The third kappa shape index (κ3) is 9.76. The Hall–Kier alpha value is -2.67. The molecule has 3 rings (SSSR count). The molecule has 2 aromatic rings. The van der Waals surface area contributed by atoms with E-state index in [1.165, 1.54) is 4.31 Å². The van der Waals surface area contributed by atoms with Gasteiger partial charge in [-0.2, -0.15) is 17.5 Å². The van der Waals surface area contributed by atoms with E-state index < -0.39 is 22.2 Å². The molecule has 1 amide bonds. The van der Waals surface area contributed by atoms with Gasteiger partial charge in [-0.15, -0.1) is 0 Å². The quantitative estimate of drug-likeness (QED) is 0.524. The number of piperazine rings is 1. The Morgan fingerprint density at radius 1 is 1.03 bits per heavy atom. The average Bonchev–Trinajstić information content (AvgIpc) is 2.84. The van der Waals surface area contributed by atoms with Crippen LogP contribution >= 0.6 is 11.6 Å². The first-order valence-electron chi connectivity index (χ1n) is 11.0. The molecular weight excluding hydrogens is 523 g/mol. The summed E-state index contributed by atoms with van der Waals surface area (Å²) in [5, 5.41) is 10.8. The van der Waals surface area contributed by atoms with Crippen molar-refractivity contribution in [2.24, 2.45) is 0 Å². The molecule has 2 N–H and O–H groups in total. The maximum Gasteiger partial charge on any atom is 0.490 e. The predicted molar refractivity (Wildman–Crippen MR) is 129 cm³/mol. The molecular formula is C23H27ClF3N3O5S. The highest BCUT2D eigenvalue weighted by Crippen LogP contribution is 2.15. The molecule has 13 heteroatoms. The first-order valence-corrected chi connectivity index (χ1v) is 13.0. The van der Waals surface area contributed by atoms with E-state index in [2.05, 4.69) is 5.32 Å². The first kappa shape index (κ1) is 29.6. The summed E-state index contributed by atoms with van der Waals surface area (Å²) in [6.45, 7) is 2.82. The van der Waals surface area contributed by atoms with Gasteiger partial charge in [0.1, 0.15) is 0 Å². The van der Waals surface area contributed by atoms with E-state index in [0.717, 1.165) is 5.56 Å². The van der Waals surface area contributed by atoms with E-state index in [-0.39, 0.29) is 18.2 Å². The van der Waals surface area contributed by atoms with Gasteiger partial charge in [0.15, 0.2) is 0 Å². The van der Waals surface area contributed by atoms with Crippen molar-refractivity contribution in [2.75, 3.05) is 45.0 Å². The number of rotatable bonds is 8. The van der Waals surface area contributed by atoms with E-state index in [9.17, 15) is 26.4 Å². The van der Waals surface area contributed by atoms with Gasteiger partial charge in [-0.3, -0.25) is 4.79 Å². The zero-order valence-corrected chi connectivity index (χ0v) is 20.8. The van der Waals surface area contributed by atoms with Crippen molar-refractivity contribution in [1.82, 2.24) is 14.5 Å². The minimum Gasteiger partial charge on any atom is -0.475 e. The number of nitrogens with zero attached hydrogens (tertiary/aromatic N) is 2. The minimum absolute atomic E-state index is 0.0892. The Bertz CT molecular complexity index is 1110. The number of aliphatic carboxylic acids is 1. The van der Waals surface area contributed by atoms with Crippen LogP contribution in [0.15, 0.2) is 54.6 Å². The summed E-state index contributed by atoms with van der Waals surface area (Å²) in [5.74, 6) is -3.06. The summed E-state index contributed by atoms with van der Waals surface area (Å²) in [6, 6.07) is 16.6. The van der Waals surface area contributed by atoms with Gasteiger partial charge in [0.25, 0.3) is 5.91 Å². The van der Waals surface area contributed by atoms with Crippen molar-refractivity contribution in [3.8, 4) is 0 Å². The van der Waals surface area contributed by atoms with Crippen LogP contribution in [0.4, 0.5) is 13.2 Å². The fourth-order valence-electron chi connectivity index (χ4n) is 3.30. The van der Waals surface area contributed by atoms with Gasteiger partial charge in [0.2, 0.25) is 10.0 Å². The third-order valence-corrected chi connectivity index (χ3v) is 7.29. The van der Waals surface area contributed by atoms with Gasteiger partial charge in [-0.25, -0.2) is 13.2 Å². The number of carboxylic acids is 1. The summed E-state index contributed by atoms with van der Waals surface area (Å²) in [7, 11) is -3.41. The molecule has 0 aromatic heterocycles. The molecule has 8 nitrogen and oxygen atoms in total. The fraction of sp³-hybridized carbons (Fsp3) is 0.391. The summed E-state index contributed by atoms with van der Waals surface area (Å²) in [5.41, 5.74) is 1.56. The minimum atomic E-state index is -5.08. The van der Waals surface area contributed by atoms with E-state index in [1.807, 2.05) is 30.3 Å². The number of halogens is 4. The summed E-state index contributed by atoms with van der Waals surface area (Å²) in [6.07, 6.45) is -4.43. The Balaban J connectivity index is 0.000000572. The molecule has 198 valence electrons. The number of amides is 1. The summed E-state index contributed by atoms with van der Waals surface area (Å²) in [4.78, 5) is 23.6. The summed E-state index contributed by atoms with van der Waals surface area (Å²) >= 11 is 6.04. The van der Waals surface area contributed by atoms with E-state index in [0.29, 0.717) is 49.7 Å². The van der Waals surface area contributed by atoms with Crippen LogP contribution in [-0.4, -0.2) is 85.8 Å². The average molecular weight is 550 g/mol. The number of hydrogen-bond acceptors (Lipinski definition) is 5. The maximum absolute atomic E-state index is 13.1. The number of benzene rings is 2. The van der Waals surface area contributed by atoms with Crippen molar-refractivity contribution in [2.45, 2.75) is 12.6 Å². The molecule has 36 heavy (non-hydrogen) atoms. The highest BCUT2D eigenvalue weighted by atomic mass is 35.5. The molecule has 1 heterocycles. The lowest BCUT2D eigenvalue weighted by Gasteiger charge is -2.28. The van der Waals surface area contributed by atoms with Crippen LogP contribution < -0.4 is 5.32 Å². The smallest absolute Gasteiger partial charge is 0.475 e. The summed E-state index contributed by atoms with van der Waals surface area (Å²) < 4.78 is 58.7. The number of hydrogen-bond donors (Lipinski definition) is 2. The van der Waals surface area contributed by atoms with Crippen LogP contribution in [0.1, 0.15) is 15.9 Å². The number of carbonyl (C=O) groups excluding carboxylic acids is 1. The highest BCUT2D eigenvalue weighted by Gasteiger charge is 2.38. The van der Waals surface area contributed by atoms with Crippen molar-refractivity contribution in [3.63, 3.8) is 0 Å².